The van der Waals surface area contributed by atoms with Crippen molar-refractivity contribution < 1.29 is 4.74 Å². The molecular formula is C19H22N4O. The van der Waals surface area contributed by atoms with E-state index < -0.39 is 0 Å². The molecule has 3 rings (SSSR count). The molecule has 5 heteroatoms. The summed E-state index contributed by atoms with van der Waals surface area (Å²) in [5, 5.41) is 8.15. The largest absolute Gasteiger partial charge is 0.481 e. The fraction of sp³-hybridized carbons (Fsp3) is 0.263. The Labute approximate surface area is 142 Å². The molecular weight excluding hydrogens is 300 g/mol. The van der Waals surface area contributed by atoms with Gasteiger partial charge in [-0.15, -0.1) is 0 Å². The Morgan fingerprint density at radius 3 is 2.58 bits per heavy atom. The molecule has 0 aliphatic carbocycles. The summed E-state index contributed by atoms with van der Waals surface area (Å²) >= 11 is 0. The van der Waals surface area contributed by atoms with Gasteiger partial charge in [0.1, 0.15) is 0 Å². The lowest BCUT2D eigenvalue weighted by Gasteiger charge is -2.09. The van der Waals surface area contributed by atoms with Crippen LogP contribution in [0.5, 0.6) is 5.88 Å². The molecule has 1 N–H and O–H groups in total. The molecule has 24 heavy (non-hydrogen) atoms. The van der Waals surface area contributed by atoms with Crippen LogP contribution in [0.1, 0.15) is 22.5 Å². The van der Waals surface area contributed by atoms with Gasteiger partial charge < -0.3 is 10.1 Å². The maximum atomic E-state index is 5.29. The number of rotatable bonds is 6. The minimum absolute atomic E-state index is 0.665. The summed E-state index contributed by atoms with van der Waals surface area (Å²) in [6.45, 7) is 5.61. The number of nitrogens with one attached hydrogen (secondary N) is 1. The number of hydrogen-bond acceptors (Lipinski definition) is 4. The van der Waals surface area contributed by atoms with Crippen molar-refractivity contribution in [3.8, 4) is 11.6 Å². The monoisotopic (exact) mass is 322 g/mol. The molecule has 3 aromatic rings. The standard InChI is InChI=1S/C19H22N4O/c1-14-18(13-20-12-16-8-7-11-21-19(16)24-3)15(2)23(22-14)17-9-5-4-6-10-17/h4-11,20H,12-13H2,1-3H3. The summed E-state index contributed by atoms with van der Waals surface area (Å²) in [7, 11) is 1.64. The molecule has 0 spiro atoms. The van der Waals surface area contributed by atoms with Crippen molar-refractivity contribution in [2.24, 2.45) is 0 Å². The predicted octanol–water partition coefficient (Wildman–Crippen LogP) is 3.18. The summed E-state index contributed by atoms with van der Waals surface area (Å²) in [6.07, 6.45) is 1.74. The van der Waals surface area contributed by atoms with Crippen molar-refractivity contribution in [1.82, 2.24) is 20.1 Å². The van der Waals surface area contributed by atoms with Gasteiger partial charge in [-0.1, -0.05) is 24.3 Å². The normalized spacial score (nSPS) is 10.8. The Hall–Kier alpha value is -2.66. The van der Waals surface area contributed by atoms with Gasteiger partial charge in [0.2, 0.25) is 5.88 Å². The smallest absolute Gasteiger partial charge is 0.217 e. The van der Waals surface area contributed by atoms with Crippen LogP contribution in [0.25, 0.3) is 5.69 Å². The predicted molar refractivity (Wildman–Crippen MR) is 94.4 cm³/mol. The van der Waals surface area contributed by atoms with Gasteiger partial charge in [-0.05, 0) is 32.0 Å². The lowest BCUT2D eigenvalue weighted by atomic mass is 10.2. The van der Waals surface area contributed by atoms with Gasteiger partial charge in [0.05, 0.1) is 18.5 Å². The molecule has 0 saturated heterocycles. The van der Waals surface area contributed by atoms with Crippen LogP contribution < -0.4 is 10.1 Å². The molecule has 0 aliphatic heterocycles. The summed E-state index contributed by atoms with van der Waals surface area (Å²) < 4.78 is 7.29. The van der Waals surface area contributed by atoms with Crippen molar-refractivity contribution in [1.29, 1.82) is 0 Å². The quantitative estimate of drug-likeness (QED) is 0.757. The molecule has 2 heterocycles. The number of aryl methyl sites for hydroxylation is 1. The van der Waals surface area contributed by atoms with Crippen LogP contribution in [0.2, 0.25) is 0 Å². The maximum absolute atomic E-state index is 5.29. The molecule has 0 bridgehead atoms. The molecule has 0 radical (unpaired) electrons. The van der Waals surface area contributed by atoms with Gasteiger partial charge in [-0.3, -0.25) is 0 Å². The fourth-order valence-corrected chi connectivity index (χ4v) is 2.82. The van der Waals surface area contributed by atoms with Crippen LogP contribution in [-0.2, 0) is 13.1 Å². The fourth-order valence-electron chi connectivity index (χ4n) is 2.82. The number of nitrogens with zero attached hydrogens (tertiary/aromatic N) is 3. The van der Waals surface area contributed by atoms with Crippen LogP contribution in [0.15, 0.2) is 48.7 Å². The first-order valence-electron chi connectivity index (χ1n) is 8.00. The number of pyridine rings is 1. The Morgan fingerprint density at radius 2 is 1.83 bits per heavy atom. The number of ether oxygens (including phenoxy) is 1. The highest BCUT2D eigenvalue weighted by Gasteiger charge is 2.12. The lowest BCUT2D eigenvalue weighted by Crippen LogP contribution is -2.15. The summed E-state index contributed by atoms with van der Waals surface area (Å²) in [5.74, 6) is 0.665. The molecule has 0 saturated carbocycles. The number of benzene rings is 1. The van der Waals surface area contributed by atoms with Crippen LogP contribution in [0.4, 0.5) is 0 Å². The Morgan fingerprint density at radius 1 is 1.04 bits per heavy atom. The zero-order valence-electron chi connectivity index (χ0n) is 14.3. The SMILES string of the molecule is COc1ncccc1CNCc1c(C)nn(-c2ccccc2)c1C. The van der Waals surface area contributed by atoms with Gasteiger partial charge in [0, 0.05) is 36.1 Å². The summed E-state index contributed by atoms with van der Waals surface area (Å²) in [5.41, 5.74) is 5.55. The molecule has 0 atom stereocenters. The maximum Gasteiger partial charge on any atom is 0.217 e. The van der Waals surface area contributed by atoms with Crippen LogP contribution >= 0.6 is 0 Å². The van der Waals surface area contributed by atoms with Crippen LogP contribution in [0, 0.1) is 13.8 Å². The second kappa shape index (κ2) is 7.27. The highest BCUT2D eigenvalue weighted by Crippen LogP contribution is 2.18. The van der Waals surface area contributed by atoms with Gasteiger partial charge in [0.25, 0.3) is 0 Å². The van der Waals surface area contributed by atoms with E-state index in [1.54, 1.807) is 13.3 Å². The first-order valence-corrected chi connectivity index (χ1v) is 8.00. The molecule has 124 valence electrons. The lowest BCUT2D eigenvalue weighted by molar-refractivity contribution is 0.390. The highest BCUT2D eigenvalue weighted by atomic mass is 16.5. The topological polar surface area (TPSA) is 52.0 Å². The Kier molecular flexibility index (Phi) is 4.91. The van der Waals surface area contributed by atoms with Crippen LogP contribution in [0.3, 0.4) is 0 Å². The van der Waals surface area contributed by atoms with E-state index in [0.29, 0.717) is 12.4 Å². The zero-order chi connectivity index (χ0) is 16.9. The molecule has 0 fully saturated rings. The zero-order valence-corrected chi connectivity index (χ0v) is 14.3. The second-order valence-corrected chi connectivity index (χ2v) is 5.67. The van der Waals surface area contributed by atoms with E-state index in [1.807, 2.05) is 41.9 Å². The van der Waals surface area contributed by atoms with Crippen molar-refractivity contribution >= 4 is 0 Å². The minimum Gasteiger partial charge on any atom is -0.481 e. The number of hydrogen-bond donors (Lipinski definition) is 1. The van der Waals surface area contributed by atoms with Crippen molar-refractivity contribution in [3.05, 3.63) is 71.2 Å². The van der Waals surface area contributed by atoms with Crippen molar-refractivity contribution in [3.63, 3.8) is 0 Å². The van der Waals surface area contributed by atoms with E-state index in [1.165, 1.54) is 5.56 Å². The molecule has 2 aromatic heterocycles. The number of methoxy groups -OCH3 is 1. The van der Waals surface area contributed by atoms with E-state index in [0.717, 1.165) is 29.2 Å². The van der Waals surface area contributed by atoms with E-state index in [4.69, 9.17) is 4.74 Å². The van der Waals surface area contributed by atoms with E-state index in [-0.39, 0.29) is 0 Å². The molecule has 1 aromatic carbocycles. The van der Waals surface area contributed by atoms with Gasteiger partial charge in [0.15, 0.2) is 0 Å². The Balaban J connectivity index is 1.73. The molecule has 5 nitrogen and oxygen atoms in total. The summed E-state index contributed by atoms with van der Waals surface area (Å²) in [4.78, 5) is 4.22. The van der Waals surface area contributed by atoms with Crippen molar-refractivity contribution in [2.75, 3.05) is 7.11 Å². The average Bonchev–Trinajstić information content (AvgIpc) is 2.91. The molecule has 0 aliphatic rings. The second-order valence-electron chi connectivity index (χ2n) is 5.67. The van der Waals surface area contributed by atoms with E-state index in [9.17, 15) is 0 Å². The van der Waals surface area contributed by atoms with Gasteiger partial charge >= 0.3 is 0 Å². The first-order chi connectivity index (χ1) is 11.7. The van der Waals surface area contributed by atoms with E-state index >= 15 is 0 Å². The highest BCUT2D eigenvalue weighted by molar-refractivity contribution is 5.37. The third-order valence-corrected chi connectivity index (χ3v) is 4.10. The summed E-state index contributed by atoms with van der Waals surface area (Å²) in [6, 6.07) is 14.1. The number of aromatic nitrogens is 3. The van der Waals surface area contributed by atoms with Crippen molar-refractivity contribution in [2.45, 2.75) is 26.9 Å². The average molecular weight is 322 g/mol. The third kappa shape index (κ3) is 3.31. The number of para-hydroxylation sites is 1. The Bertz CT molecular complexity index is 811. The minimum atomic E-state index is 0.665. The van der Waals surface area contributed by atoms with Gasteiger partial charge in [-0.2, -0.15) is 5.10 Å². The van der Waals surface area contributed by atoms with E-state index in [2.05, 4.69) is 34.5 Å². The molecule has 0 amide bonds. The van der Waals surface area contributed by atoms with Crippen LogP contribution in [-0.4, -0.2) is 21.9 Å². The first kappa shape index (κ1) is 16.2. The third-order valence-electron chi connectivity index (χ3n) is 4.10. The molecule has 0 unspecified atom stereocenters. The van der Waals surface area contributed by atoms with Gasteiger partial charge in [-0.25, -0.2) is 9.67 Å².